The standard InChI is InChI=1S/C12H12N4O3S/c13-9-7-3-1-6(2-4-8-15-14-5-20-8)10(12(18)19)16(7)11(9)17/h2,4-5,7,9H,1,3,13H2,(H,18,19)/b4-2-/t7-,9+/m1/s1. The largest absolute Gasteiger partial charge is 0.477 e. The van der Waals surface area contributed by atoms with Gasteiger partial charge in [-0.3, -0.25) is 9.69 Å². The van der Waals surface area contributed by atoms with Gasteiger partial charge in [0.05, 0.1) is 6.04 Å². The second-order valence-electron chi connectivity index (χ2n) is 4.63. The number of amides is 1. The highest BCUT2D eigenvalue weighted by Gasteiger charge is 2.50. The zero-order valence-corrected chi connectivity index (χ0v) is 11.2. The molecule has 0 aliphatic carbocycles. The molecule has 0 aromatic carbocycles. The predicted octanol–water partition coefficient (Wildman–Crippen LogP) is 0.222. The molecule has 7 nitrogen and oxygen atoms in total. The molecule has 1 aromatic heterocycles. The molecule has 0 unspecified atom stereocenters. The van der Waals surface area contributed by atoms with Crippen LogP contribution in [0.25, 0.3) is 6.08 Å². The zero-order valence-electron chi connectivity index (χ0n) is 10.4. The summed E-state index contributed by atoms with van der Waals surface area (Å²) in [5.74, 6) is -1.43. The second-order valence-corrected chi connectivity index (χ2v) is 5.49. The fourth-order valence-electron chi connectivity index (χ4n) is 2.56. The van der Waals surface area contributed by atoms with Gasteiger partial charge in [0.25, 0.3) is 0 Å². The maximum Gasteiger partial charge on any atom is 0.352 e. The van der Waals surface area contributed by atoms with Crippen molar-refractivity contribution in [2.45, 2.75) is 24.9 Å². The van der Waals surface area contributed by atoms with Crippen LogP contribution in [0.5, 0.6) is 0 Å². The second kappa shape index (κ2) is 4.80. The lowest BCUT2D eigenvalue weighted by Gasteiger charge is -2.48. The molecule has 20 heavy (non-hydrogen) atoms. The van der Waals surface area contributed by atoms with E-state index in [4.69, 9.17) is 5.73 Å². The molecule has 3 rings (SSSR count). The molecule has 0 radical (unpaired) electrons. The Morgan fingerprint density at radius 1 is 1.55 bits per heavy atom. The van der Waals surface area contributed by atoms with Crippen LogP contribution in [0.1, 0.15) is 17.8 Å². The van der Waals surface area contributed by atoms with Crippen LogP contribution in [-0.4, -0.2) is 44.2 Å². The van der Waals surface area contributed by atoms with Crippen molar-refractivity contribution < 1.29 is 14.7 Å². The number of carbonyl (C=O) groups excluding carboxylic acids is 1. The Morgan fingerprint density at radius 2 is 2.35 bits per heavy atom. The molecule has 1 amide bonds. The van der Waals surface area contributed by atoms with Crippen LogP contribution >= 0.6 is 11.3 Å². The molecule has 1 saturated heterocycles. The number of rotatable bonds is 3. The summed E-state index contributed by atoms with van der Waals surface area (Å²) in [5.41, 5.74) is 7.94. The lowest BCUT2D eigenvalue weighted by atomic mass is 9.84. The van der Waals surface area contributed by atoms with E-state index in [9.17, 15) is 14.7 Å². The number of nitrogens with two attached hydrogens (primary N) is 1. The fourth-order valence-corrected chi connectivity index (χ4v) is 3.00. The molecule has 2 atom stereocenters. The SMILES string of the molecule is N[C@@H]1C(=O)N2C(C(=O)O)=C(/C=C\c3nncs3)CC[C@H]12. The van der Waals surface area contributed by atoms with Crippen molar-refractivity contribution in [3.05, 3.63) is 27.9 Å². The number of aromatic nitrogens is 2. The van der Waals surface area contributed by atoms with Crippen LogP contribution in [0.4, 0.5) is 0 Å². The summed E-state index contributed by atoms with van der Waals surface area (Å²) in [5, 5.41) is 17.6. The number of nitrogens with zero attached hydrogens (tertiary/aromatic N) is 3. The van der Waals surface area contributed by atoms with Crippen LogP contribution in [0, 0.1) is 0 Å². The van der Waals surface area contributed by atoms with Crippen LogP contribution in [0.3, 0.4) is 0 Å². The van der Waals surface area contributed by atoms with E-state index in [-0.39, 0.29) is 17.6 Å². The van der Waals surface area contributed by atoms with E-state index in [0.29, 0.717) is 23.4 Å². The minimum atomic E-state index is -1.10. The fraction of sp³-hybridized carbons (Fsp3) is 0.333. The van der Waals surface area contributed by atoms with E-state index in [0.717, 1.165) is 0 Å². The van der Waals surface area contributed by atoms with Gasteiger partial charge in [0, 0.05) is 0 Å². The maximum atomic E-state index is 11.7. The Hall–Kier alpha value is -2.06. The number of hydrogen-bond acceptors (Lipinski definition) is 6. The van der Waals surface area contributed by atoms with Gasteiger partial charge in [-0.05, 0) is 24.5 Å². The van der Waals surface area contributed by atoms with Gasteiger partial charge in [-0.15, -0.1) is 21.5 Å². The average molecular weight is 292 g/mol. The third kappa shape index (κ3) is 1.93. The van der Waals surface area contributed by atoms with E-state index in [2.05, 4.69) is 10.2 Å². The lowest BCUT2D eigenvalue weighted by Crippen LogP contribution is -2.69. The molecule has 3 heterocycles. The smallest absolute Gasteiger partial charge is 0.352 e. The van der Waals surface area contributed by atoms with E-state index in [1.165, 1.54) is 16.2 Å². The first-order valence-electron chi connectivity index (χ1n) is 6.09. The first kappa shape index (κ1) is 12.9. The molecule has 0 saturated carbocycles. The van der Waals surface area contributed by atoms with Crippen LogP contribution in [0.15, 0.2) is 22.9 Å². The number of β-lactam (4-membered cyclic amide) rings is 1. The van der Waals surface area contributed by atoms with Gasteiger partial charge in [-0.25, -0.2) is 4.79 Å². The van der Waals surface area contributed by atoms with Gasteiger partial charge in [-0.1, -0.05) is 6.08 Å². The van der Waals surface area contributed by atoms with Crippen molar-refractivity contribution in [3.63, 3.8) is 0 Å². The number of aliphatic carboxylic acids is 1. The summed E-state index contributed by atoms with van der Waals surface area (Å²) in [6, 6.07) is -0.759. The number of fused-ring (bicyclic) bond motifs is 1. The van der Waals surface area contributed by atoms with Gasteiger partial charge in [0.2, 0.25) is 5.91 Å². The number of allylic oxidation sites excluding steroid dienone is 2. The topological polar surface area (TPSA) is 109 Å². The molecule has 3 N–H and O–H groups in total. The molecule has 104 valence electrons. The molecule has 1 fully saturated rings. The van der Waals surface area contributed by atoms with Gasteiger partial charge < -0.3 is 10.8 Å². The van der Waals surface area contributed by atoms with Crippen molar-refractivity contribution in [3.8, 4) is 0 Å². The molecular weight excluding hydrogens is 280 g/mol. The summed E-state index contributed by atoms with van der Waals surface area (Å²) in [7, 11) is 0. The summed E-state index contributed by atoms with van der Waals surface area (Å²) in [6.07, 6.45) is 4.66. The summed E-state index contributed by atoms with van der Waals surface area (Å²) >= 11 is 1.36. The normalized spacial score (nSPS) is 25.9. The van der Waals surface area contributed by atoms with Crippen LogP contribution in [0.2, 0.25) is 0 Å². The number of carboxylic acid groups (broad SMARTS) is 1. The Labute approximate surface area is 118 Å². The molecule has 1 aromatic rings. The van der Waals surface area contributed by atoms with Gasteiger partial charge in [-0.2, -0.15) is 0 Å². The molecule has 0 bridgehead atoms. The first-order valence-corrected chi connectivity index (χ1v) is 6.97. The number of hydrogen-bond donors (Lipinski definition) is 2. The van der Waals surface area contributed by atoms with Crippen molar-refractivity contribution >= 4 is 29.3 Å². The van der Waals surface area contributed by atoms with Gasteiger partial charge in [0.1, 0.15) is 22.3 Å². The summed E-state index contributed by atoms with van der Waals surface area (Å²) in [4.78, 5) is 24.5. The van der Waals surface area contributed by atoms with Crippen molar-refractivity contribution in [2.75, 3.05) is 0 Å². The predicted molar refractivity (Wildman–Crippen MR) is 71.4 cm³/mol. The molecule has 8 heteroatoms. The highest BCUT2D eigenvalue weighted by atomic mass is 32.1. The minimum absolute atomic E-state index is 0.0358. The van der Waals surface area contributed by atoms with E-state index >= 15 is 0 Å². The Morgan fingerprint density at radius 3 is 3.00 bits per heavy atom. The zero-order chi connectivity index (χ0) is 14.3. The van der Waals surface area contributed by atoms with Gasteiger partial charge in [0.15, 0.2) is 0 Å². The lowest BCUT2D eigenvalue weighted by molar-refractivity contribution is -0.152. The highest BCUT2D eigenvalue weighted by molar-refractivity contribution is 7.10. The summed E-state index contributed by atoms with van der Waals surface area (Å²) in [6.45, 7) is 0. The third-order valence-electron chi connectivity index (χ3n) is 3.53. The monoisotopic (exact) mass is 292 g/mol. The average Bonchev–Trinajstić information content (AvgIpc) is 2.96. The van der Waals surface area contributed by atoms with Crippen molar-refractivity contribution in [2.24, 2.45) is 5.73 Å². The minimum Gasteiger partial charge on any atom is -0.477 e. The Balaban J connectivity index is 1.94. The molecular formula is C12H12N4O3S. The quantitative estimate of drug-likeness (QED) is 0.771. The maximum absolute atomic E-state index is 11.7. The van der Waals surface area contributed by atoms with Crippen molar-refractivity contribution in [1.82, 2.24) is 15.1 Å². The molecule has 0 spiro atoms. The first-order chi connectivity index (χ1) is 9.59. The molecule has 2 aliphatic heterocycles. The Bertz CT molecular complexity index is 623. The molecule has 2 aliphatic rings. The van der Waals surface area contributed by atoms with Crippen LogP contribution in [-0.2, 0) is 9.59 Å². The van der Waals surface area contributed by atoms with E-state index in [1.54, 1.807) is 17.7 Å². The number of carboxylic acids is 1. The van der Waals surface area contributed by atoms with E-state index < -0.39 is 12.0 Å². The third-order valence-corrected chi connectivity index (χ3v) is 4.19. The van der Waals surface area contributed by atoms with Crippen molar-refractivity contribution in [1.29, 1.82) is 0 Å². The van der Waals surface area contributed by atoms with Gasteiger partial charge >= 0.3 is 5.97 Å². The summed E-state index contributed by atoms with van der Waals surface area (Å²) < 4.78 is 0. The van der Waals surface area contributed by atoms with Crippen LogP contribution < -0.4 is 5.73 Å². The highest BCUT2D eigenvalue weighted by Crippen LogP contribution is 2.36. The van der Waals surface area contributed by atoms with E-state index in [1.807, 2.05) is 0 Å². The number of carbonyl (C=O) groups is 2. The Kier molecular flexibility index (Phi) is 3.11.